The Bertz CT molecular complexity index is 1250. The summed E-state index contributed by atoms with van der Waals surface area (Å²) in [5.74, 6) is 1.75. The van der Waals surface area contributed by atoms with E-state index in [2.05, 4.69) is 30.2 Å². The normalized spacial score (nSPS) is 11.2. The van der Waals surface area contributed by atoms with Crippen LogP contribution in [0.5, 0.6) is 11.6 Å². The van der Waals surface area contributed by atoms with Gasteiger partial charge in [0.25, 0.3) is 0 Å². The van der Waals surface area contributed by atoms with E-state index < -0.39 is 0 Å². The number of pyridine rings is 2. The largest absolute Gasteiger partial charge is 0.437 e. The van der Waals surface area contributed by atoms with Crippen molar-refractivity contribution in [3.63, 3.8) is 0 Å². The molecule has 0 amide bonds. The van der Waals surface area contributed by atoms with Crippen LogP contribution in [0.15, 0.2) is 41.5 Å². The lowest BCUT2D eigenvalue weighted by atomic mass is 10.3. The van der Waals surface area contributed by atoms with E-state index in [0.717, 1.165) is 17.8 Å². The van der Waals surface area contributed by atoms with Gasteiger partial charge in [0.05, 0.1) is 25.0 Å². The lowest BCUT2D eigenvalue weighted by molar-refractivity contribution is 0.199. The Balaban J connectivity index is 1.41. The smallest absolute Gasteiger partial charge is 0.328 e. The molecule has 0 saturated carbocycles. The van der Waals surface area contributed by atoms with Crippen LogP contribution in [-0.2, 0) is 17.8 Å². The fourth-order valence-corrected chi connectivity index (χ4v) is 3.15. The molecular formula is C21H24N8O3. The number of fused-ring (bicyclic) bond motifs is 1. The number of aryl methyl sites for hydroxylation is 1. The number of methoxy groups -OCH3 is 1. The average molecular weight is 436 g/mol. The summed E-state index contributed by atoms with van der Waals surface area (Å²) in [5, 5.41) is 3.24. The molecule has 0 aromatic carbocycles. The Morgan fingerprint density at radius 1 is 1.16 bits per heavy atom. The van der Waals surface area contributed by atoms with Crippen LogP contribution in [0.1, 0.15) is 17.1 Å². The summed E-state index contributed by atoms with van der Waals surface area (Å²) >= 11 is 0. The third-order valence-corrected chi connectivity index (χ3v) is 4.71. The van der Waals surface area contributed by atoms with Crippen LogP contribution in [-0.4, -0.2) is 49.7 Å². The summed E-state index contributed by atoms with van der Waals surface area (Å²) in [6.45, 7) is 4.08. The van der Waals surface area contributed by atoms with E-state index in [-0.39, 0.29) is 18.1 Å². The molecule has 0 radical (unpaired) electrons. The summed E-state index contributed by atoms with van der Waals surface area (Å²) in [5.41, 5.74) is 8.19. The number of ether oxygens (including phenoxy) is 2. The summed E-state index contributed by atoms with van der Waals surface area (Å²) in [6.07, 6.45) is 3.31. The van der Waals surface area contributed by atoms with Crippen LogP contribution >= 0.6 is 0 Å². The van der Waals surface area contributed by atoms with Gasteiger partial charge in [-0.1, -0.05) is 6.07 Å². The van der Waals surface area contributed by atoms with E-state index in [0.29, 0.717) is 41.8 Å². The molecule has 0 aliphatic rings. The molecule has 0 fully saturated rings. The van der Waals surface area contributed by atoms with Crippen molar-refractivity contribution in [2.24, 2.45) is 0 Å². The molecule has 32 heavy (non-hydrogen) atoms. The van der Waals surface area contributed by atoms with Gasteiger partial charge < -0.3 is 25.5 Å². The Kier molecular flexibility index (Phi) is 6.38. The highest BCUT2D eigenvalue weighted by Crippen LogP contribution is 2.20. The summed E-state index contributed by atoms with van der Waals surface area (Å²) in [7, 11) is 1.67. The minimum atomic E-state index is -0.310. The SMILES string of the molecule is COCCNCc1ccc(Oc2ccc(Cn3c(=O)[nH]c4c(N)nc(C)nc43)cn2)cn1. The van der Waals surface area contributed by atoms with Gasteiger partial charge in [-0.05, 0) is 24.6 Å². The van der Waals surface area contributed by atoms with E-state index >= 15 is 0 Å². The minimum Gasteiger partial charge on any atom is -0.437 e. The summed E-state index contributed by atoms with van der Waals surface area (Å²) in [4.78, 5) is 32.2. The number of H-pyrrole nitrogens is 1. The Morgan fingerprint density at radius 3 is 2.75 bits per heavy atom. The molecule has 4 rings (SSSR count). The van der Waals surface area contributed by atoms with Crippen LogP contribution in [0.4, 0.5) is 5.82 Å². The van der Waals surface area contributed by atoms with Crippen LogP contribution in [0.2, 0.25) is 0 Å². The van der Waals surface area contributed by atoms with Gasteiger partial charge in [0.2, 0.25) is 5.88 Å². The Morgan fingerprint density at radius 2 is 2.03 bits per heavy atom. The van der Waals surface area contributed by atoms with Crippen molar-refractivity contribution >= 4 is 17.0 Å². The van der Waals surface area contributed by atoms with E-state index in [1.54, 1.807) is 32.5 Å². The highest BCUT2D eigenvalue weighted by molar-refractivity contribution is 5.81. The van der Waals surface area contributed by atoms with Gasteiger partial charge in [-0.2, -0.15) is 0 Å². The number of anilines is 1. The fraction of sp³-hybridized carbons (Fsp3) is 0.286. The van der Waals surface area contributed by atoms with Crippen molar-refractivity contribution in [3.05, 3.63) is 64.2 Å². The van der Waals surface area contributed by atoms with Crippen molar-refractivity contribution in [3.8, 4) is 11.6 Å². The number of nitrogens with one attached hydrogen (secondary N) is 2. The molecule has 0 aliphatic heterocycles. The Hall–Kier alpha value is -3.83. The fourth-order valence-electron chi connectivity index (χ4n) is 3.15. The maximum Gasteiger partial charge on any atom is 0.328 e. The second-order valence-electron chi connectivity index (χ2n) is 7.13. The monoisotopic (exact) mass is 436 g/mol. The van der Waals surface area contributed by atoms with Gasteiger partial charge in [-0.25, -0.2) is 19.7 Å². The van der Waals surface area contributed by atoms with E-state index in [4.69, 9.17) is 15.2 Å². The number of nitrogen functional groups attached to an aromatic ring is 1. The van der Waals surface area contributed by atoms with Gasteiger partial charge in [0, 0.05) is 32.5 Å². The van der Waals surface area contributed by atoms with Gasteiger partial charge in [0.15, 0.2) is 11.5 Å². The molecule has 0 aliphatic carbocycles. The first kappa shape index (κ1) is 21.4. The van der Waals surface area contributed by atoms with Crippen LogP contribution < -0.4 is 21.5 Å². The molecule has 166 valence electrons. The number of nitrogens with zero attached hydrogens (tertiary/aromatic N) is 5. The van der Waals surface area contributed by atoms with Crippen LogP contribution in [0.25, 0.3) is 11.2 Å². The van der Waals surface area contributed by atoms with Crippen molar-refractivity contribution in [2.45, 2.75) is 20.0 Å². The second-order valence-corrected chi connectivity index (χ2v) is 7.13. The minimum absolute atomic E-state index is 0.246. The zero-order valence-corrected chi connectivity index (χ0v) is 17.8. The second kappa shape index (κ2) is 9.54. The highest BCUT2D eigenvalue weighted by atomic mass is 16.5. The lowest BCUT2D eigenvalue weighted by Gasteiger charge is -2.08. The van der Waals surface area contributed by atoms with E-state index in [1.165, 1.54) is 4.57 Å². The van der Waals surface area contributed by atoms with Gasteiger partial charge >= 0.3 is 5.69 Å². The van der Waals surface area contributed by atoms with Crippen molar-refractivity contribution in [1.29, 1.82) is 0 Å². The molecule has 11 nitrogen and oxygen atoms in total. The maximum atomic E-state index is 12.4. The van der Waals surface area contributed by atoms with Crippen molar-refractivity contribution < 1.29 is 9.47 Å². The van der Waals surface area contributed by atoms with Gasteiger partial charge in [-0.15, -0.1) is 0 Å². The molecular weight excluding hydrogens is 412 g/mol. The molecule has 0 spiro atoms. The summed E-state index contributed by atoms with van der Waals surface area (Å²) < 4.78 is 12.3. The quantitative estimate of drug-likeness (QED) is 0.331. The first-order valence-electron chi connectivity index (χ1n) is 10.0. The Labute approximate surface area is 183 Å². The average Bonchev–Trinajstić information content (AvgIpc) is 3.09. The zero-order chi connectivity index (χ0) is 22.5. The molecule has 11 heteroatoms. The van der Waals surface area contributed by atoms with Gasteiger partial charge in [-0.3, -0.25) is 9.55 Å². The molecule has 4 aromatic rings. The van der Waals surface area contributed by atoms with Crippen LogP contribution in [0, 0.1) is 6.92 Å². The number of hydrogen-bond acceptors (Lipinski definition) is 9. The van der Waals surface area contributed by atoms with E-state index in [9.17, 15) is 4.79 Å². The molecule has 4 heterocycles. The van der Waals surface area contributed by atoms with Gasteiger partial charge in [0.1, 0.15) is 17.1 Å². The number of imidazole rings is 1. The number of nitrogens with two attached hydrogens (primary N) is 1. The predicted molar refractivity (Wildman–Crippen MR) is 119 cm³/mol. The molecule has 0 saturated heterocycles. The first-order chi connectivity index (χ1) is 15.5. The third kappa shape index (κ3) is 4.90. The number of aromatic nitrogens is 6. The van der Waals surface area contributed by atoms with Crippen LogP contribution in [0.3, 0.4) is 0 Å². The molecule has 4 N–H and O–H groups in total. The summed E-state index contributed by atoms with van der Waals surface area (Å²) in [6, 6.07) is 7.31. The topological polar surface area (TPSA) is 146 Å². The standard InChI is InChI=1S/C21H24N8O3/c1-13-26-19(22)18-20(27-13)29(21(30)28-18)12-14-3-6-17(25-9-14)32-16-5-4-15(24-11-16)10-23-7-8-31-2/h3-6,9,11,23H,7-8,10,12H2,1-2H3,(H,28,30)(H2,22,26,27). The van der Waals surface area contributed by atoms with Crippen molar-refractivity contribution in [2.75, 3.05) is 26.0 Å². The zero-order valence-electron chi connectivity index (χ0n) is 17.8. The molecule has 0 bridgehead atoms. The highest BCUT2D eigenvalue weighted by Gasteiger charge is 2.13. The van der Waals surface area contributed by atoms with Crippen molar-refractivity contribution in [1.82, 2.24) is 34.8 Å². The molecule has 0 unspecified atom stereocenters. The number of aromatic amines is 1. The number of rotatable bonds is 9. The maximum absolute atomic E-state index is 12.4. The predicted octanol–water partition coefficient (Wildman–Crippen LogP) is 1.38. The number of hydrogen-bond donors (Lipinski definition) is 3. The first-order valence-corrected chi connectivity index (χ1v) is 10.0. The third-order valence-electron chi connectivity index (χ3n) is 4.71. The van der Waals surface area contributed by atoms with E-state index in [1.807, 2.05) is 18.2 Å². The molecule has 4 aromatic heterocycles. The lowest BCUT2D eigenvalue weighted by Crippen LogP contribution is -2.19. The molecule has 0 atom stereocenters.